The van der Waals surface area contributed by atoms with Crippen molar-refractivity contribution in [3.63, 3.8) is 0 Å². The van der Waals surface area contributed by atoms with Crippen LogP contribution in [0.25, 0.3) is 5.69 Å². The van der Waals surface area contributed by atoms with E-state index >= 15 is 0 Å². The quantitative estimate of drug-likeness (QED) is 0.832. The van der Waals surface area contributed by atoms with E-state index in [2.05, 4.69) is 15.5 Å². The van der Waals surface area contributed by atoms with E-state index in [0.717, 1.165) is 11.4 Å². The number of hydrogen-bond acceptors (Lipinski definition) is 5. The fourth-order valence-electron chi connectivity index (χ4n) is 1.70. The van der Waals surface area contributed by atoms with Crippen LogP contribution in [-0.2, 0) is 16.1 Å². The topological polar surface area (TPSA) is 69.0 Å². The number of benzene rings is 1. The van der Waals surface area contributed by atoms with Crippen LogP contribution in [0.4, 0.5) is 0 Å². The molecule has 0 fully saturated rings. The Morgan fingerprint density at radius 1 is 1.35 bits per heavy atom. The minimum absolute atomic E-state index is 0.312. The first kappa shape index (κ1) is 14.2. The van der Waals surface area contributed by atoms with Crippen LogP contribution in [0, 0.1) is 0 Å². The van der Waals surface area contributed by atoms with E-state index in [4.69, 9.17) is 4.74 Å². The molecule has 106 valence electrons. The molecule has 0 saturated heterocycles. The van der Waals surface area contributed by atoms with Crippen molar-refractivity contribution in [3.05, 3.63) is 42.2 Å². The lowest BCUT2D eigenvalue weighted by molar-refractivity contribution is -0.147. The van der Waals surface area contributed by atoms with Crippen molar-refractivity contribution in [1.82, 2.24) is 20.3 Å². The second-order valence-corrected chi connectivity index (χ2v) is 4.93. The van der Waals surface area contributed by atoms with Gasteiger partial charge >= 0.3 is 5.97 Å². The molecule has 20 heavy (non-hydrogen) atoms. The fraction of sp³-hybridized carbons (Fsp3) is 0.357. The first-order valence-electron chi connectivity index (χ1n) is 6.33. The summed E-state index contributed by atoms with van der Waals surface area (Å²) < 4.78 is 4.74. The molecule has 0 radical (unpaired) electrons. The number of nitrogens with one attached hydrogen (secondary N) is 1. The normalized spacial score (nSPS) is 11.3. The number of rotatable bonds is 5. The van der Waals surface area contributed by atoms with Gasteiger partial charge in [-0.05, 0) is 26.0 Å². The molecule has 0 bridgehead atoms. The molecule has 0 amide bonds. The SMILES string of the molecule is COC(=O)C(C)(C)NCc1cnn(-c2ccccc2)n1. The Morgan fingerprint density at radius 3 is 2.70 bits per heavy atom. The van der Waals surface area contributed by atoms with Gasteiger partial charge in [0, 0.05) is 6.54 Å². The molecule has 6 heteroatoms. The Morgan fingerprint density at radius 2 is 2.05 bits per heavy atom. The van der Waals surface area contributed by atoms with Crippen molar-refractivity contribution in [3.8, 4) is 5.69 Å². The van der Waals surface area contributed by atoms with Crippen molar-refractivity contribution in [2.24, 2.45) is 0 Å². The number of ether oxygens (including phenoxy) is 1. The van der Waals surface area contributed by atoms with Crippen molar-refractivity contribution in [2.75, 3.05) is 7.11 Å². The van der Waals surface area contributed by atoms with Crippen LogP contribution in [-0.4, -0.2) is 33.6 Å². The summed E-state index contributed by atoms with van der Waals surface area (Å²) in [5.41, 5.74) is 0.891. The minimum atomic E-state index is -0.759. The maximum Gasteiger partial charge on any atom is 0.325 e. The van der Waals surface area contributed by atoms with Crippen molar-refractivity contribution < 1.29 is 9.53 Å². The van der Waals surface area contributed by atoms with Gasteiger partial charge in [0.2, 0.25) is 0 Å². The predicted molar refractivity (Wildman–Crippen MR) is 74.3 cm³/mol. The number of carbonyl (C=O) groups excluding carboxylic acids is 1. The summed E-state index contributed by atoms with van der Waals surface area (Å²) in [5.74, 6) is -0.312. The van der Waals surface area contributed by atoms with Gasteiger partial charge in [0.25, 0.3) is 0 Å². The van der Waals surface area contributed by atoms with Crippen LogP contribution in [0.2, 0.25) is 0 Å². The van der Waals surface area contributed by atoms with E-state index in [1.54, 1.807) is 24.8 Å². The van der Waals surface area contributed by atoms with Crippen molar-refractivity contribution in [1.29, 1.82) is 0 Å². The summed E-state index contributed by atoms with van der Waals surface area (Å²) in [6.45, 7) is 3.97. The standard InChI is InChI=1S/C14H18N4O2/c1-14(2,13(19)20-3)15-9-11-10-16-18(17-11)12-7-5-4-6-8-12/h4-8,10,15H,9H2,1-3H3. The number of methoxy groups -OCH3 is 1. The molecule has 2 rings (SSSR count). The highest BCUT2D eigenvalue weighted by Gasteiger charge is 2.28. The highest BCUT2D eigenvalue weighted by Crippen LogP contribution is 2.07. The second-order valence-electron chi connectivity index (χ2n) is 4.93. The van der Waals surface area contributed by atoms with Crippen LogP contribution in [0.5, 0.6) is 0 Å². The number of aromatic nitrogens is 3. The summed E-state index contributed by atoms with van der Waals surface area (Å²) in [6.07, 6.45) is 1.67. The molecule has 0 saturated carbocycles. The Balaban J connectivity index is 2.02. The molecule has 1 N–H and O–H groups in total. The van der Waals surface area contributed by atoms with Crippen molar-refractivity contribution in [2.45, 2.75) is 25.9 Å². The summed E-state index contributed by atoms with van der Waals surface area (Å²) >= 11 is 0. The molecule has 6 nitrogen and oxygen atoms in total. The molecular weight excluding hydrogens is 256 g/mol. The zero-order valence-corrected chi connectivity index (χ0v) is 11.8. The molecular formula is C14H18N4O2. The van der Waals surface area contributed by atoms with Crippen LogP contribution < -0.4 is 5.32 Å². The number of para-hydroxylation sites is 1. The lowest BCUT2D eigenvalue weighted by atomic mass is 10.1. The minimum Gasteiger partial charge on any atom is -0.468 e. The van der Waals surface area contributed by atoms with Gasteiger partial charge in [-0.15, -0.1) is 0 Å². The highest BCUT2D eigenvalue weighted by atomic mass is 16.5. The molecule has 2 aromatic rings. The Hall–Kier alpha value is -2.21. The molecule has 1 heterocycles. The molecule has 0 unspecified atom stereocenters. The van der Waals surface area contributed by atoms with E-state index in [-0.39, 0.29) is 5.97 Å². The van der Waals surface area contributed by atoms with E-state index in [0.29, 0.717) is 6.54 Å². The maximum atomic E-state index is 11.6. The van der Waals surface area contributed by atoms with Gasteiger partial charge < -0.3 is 4.74 Å². The summed E-state index contributed by atoms with van der Waals surface area (Å²) in [5, 5.41) is 11.7. The first-order valence-corrected chi connectivity index (χ1v) is 6.33. The zero-order valence-electron chi connectivity index (χ0n) is 11.8. The van der Waals surface area contributed by atoms with Gasteiger partial charge in [-0.2, -0.15) is 15.0 Å². The van der Waals surface area contributed by atoms with Gasteiger partial charge in [-0.1, -0.05) is 18.2 Å². The van der Waals surface area contributed by atoms with Gasteiger partial charge in [-0.25, -0.2) is 0 Å². The lowest BCUT2D eigenvalue weighted by Crippen LogP contribution is -2.47. The molecule has 0 aliphatic heterocycles. The predicted octanol–water partition coefficient (Wildman–Crippen LogP) is 1.31. The molecule has 0 aliphatic rings. The lowest BCUT2D eigenvalue weighted by Gasteiger charge is -2.22. The maximum absolute atomic E-state index is 11.6. The van der Waals surface area contributed by atoms with Crippen LogP contribution >= 0.6 is 0 Å². The molecule has 1 aromatic carbocycles. The Labute approximate surface area is 117 Å². The number of carbonyl (C=O) groups is 1. The summed E-state index contributed by atoms with van der Waals surface area (Å²) in [4.78, 5) is 13.1. The average Bonchev–Trinajstić information content (AvgIpc) is 2.94. The average molecular weight is 274 g/mol. The van der Waals surface area contributed by atoms with E-state index < -0.39 is 5.54 Å². The monoisotopic (exact) mass is 274 g/mol. The first-order chi connectivity index (χ1) is 9.53. The fourth-order valence-corrected chi connectivity index (χ4v) is 1.70. The Bertz CT molecular complexity index is 578. The summed E-state index contributed by atoms with van der Waals surface area (Å²) in [6, 6.07) is 9.65. The largest absolute Gasteiger partial charge is 0.468 e. The van der Waals surface area contributed by atoms with Gasteiger partial charge in [0.1, 0.15) is 5.54 Å². The third kappa shape index (κ3) is 3.21. The molecule has 0 spiro atoms. The van der Waals surface area contributed by atoms with Crippen LogP contribution in [0.15, 0.2) is 36.5 Å². The number of esters is 1. The number of nitrogens with zero attached hydrogens (tertiary/aromatic N) is 3. The van der Waals surface area contributed by atoms with E-state index in [1.165, 1.54) is 7.11 Å². The second kappa shape index (κ2) is 5.83. The smallest absolute Gasteiger partial charge is 0.325 e. The van der Waals surface area contributed by atoms with E-state index in [1.807, 2.05) is 30.3 Å². The van der Waals surface area contributed by atoms with Crippen LogP contribution in [0.1, 0.15) is 19.5 Å². The van der Waals surface area contributed by atoms with Crippen LogP contribution in [0.3, 0.4) is 0 Å². The summed E-state index contributed by atoms with van der Waals surface area (Å²) in [7, 11) is 1.37. The molecule has 0 aliphatic carbocycles. The highest BCUT2D eigenvalue weighted by molar-refractivity contribution is 5.79. The zero-order chi connectivity index (χ0) is 14.6. The van der Waals surface area contributed by atoms with Crippen molar-refractivity contribution >= 4 is 5.97 Å². The van der Waals surface area contributed by atoms with Gasteiger partial charge in [-0.3, -0.25) is 10.1 Å². The van der Waals surface area contributed by atoms with Gasteiger partial charge in [0.05, 0.1) is 24.7 Å². The molecule has 1 aromatic heterocycles. The van der Waals surface area contributed by atoms with E-state index in [9.17, 15) is 4.79 Å². The third-order valence-corrected chi connectivity index (χ3v) is 2.93. The number of hydrogen-bond donors (Lipinski definition) is 1. The third-order valence-electron chi connectivity index (χ3n) is 2.93. The Kier molecular flexibility index (Phi) is 4.14. The van der Waals surface area contributed by atoms with Gasteiger partial charge in [0.15, 0.2) is 0 Å². The molecule has 0 atom stereocenters.